The van der Waals surface area contributed by atoms with Crippen LogP contribution in [0, 0.1) is 6.92 Å². The Morgan fingerprint density at radius 2 is 2.22 bits per heavy atom. The van der Waals surface area contributed by atoms with Crippen molar-refractivity contribution in [3.63, 3.8) is 0 Å². The van der Waals surface area contributed by atoms with Gasteiger partial charge in [-0.15, -0.1) is 10.2 Å². The summed E-state index contributed by atoms with van der Waals surface area (Å²) in [7, 11) is 1.94. The van der Waals surface area contributed by atoms with Crippen molar-refractivity contribution < 1.29 is 9.53 Å². The first-order valence-corrected chi connectivity index (χ1v) is 9.90. The molecule has 2 N–H and O–H groups in total. The molecule has 0 aromatic carbocycles. The van der Waals surface area contributed by atoms with Crippen molar-refractivity contribution in [2.45, 2.75) is 51.7 Å². The minimum absolute atomic E-state index is 0.247. The average Bonchev–Trinajstić information content (AvgIpc) is 3.39. The van der Waals surface area contributed by atoms with Crippen LogP contribution in [0.5, 0.6) is 0 Å². The summed E-state index contributed by atoms with van der Waals surface area (Å²) in [6.45, 7) is 6.43. The fraction of sp³-hybridized carbons (Fsp3) is 0.778. The minimum atomic E-state index is 0.247. The van der Waals surface area contributed by atoms with Gasteiger partial charge in [-0.2, -0.15) is 0 Å². The Hall–Kier alpha value is -2.16. The Kier molecular flexibility index (Phi) is 7.03. The van der Waals surface area contributed by atoms with E-state index in [2.05, 4.69) is 25.8 Å². The third-order valence-electron chi connectivity index (χ3n) is 5.15. The second-order valence-electron chi connectivity index (χ2n) is 7.17. The predicted octanol–water partition coefficient (Wildman–Crippen LogP) is 0.350. The van der Waals surface area contributed by atoms with Crippen LogP contribution in [0.3, 0.4) is 0 Å². The van der Waals surface area contributed by atoms with Crippen molar-refractivity contribution in [3.05, 3.63) is 11.6 Å². The summed E-state index contributed by atoms with van der Waals surface area (Å²) in [4.78, 5) is 18.3. The number of amides is 1. The van der Waals surface area contributed by atoms with Gasteiger partial charge in [-0.05, 0) is 32.6 Å². The van der Waals surface area contributed by atoms with Crippen LogP contribution in [0.2, 0.25) is 0 Å². The van der Waals surface area contributed by atoms with Crippen molar-refractivity contribution in [3.8, 4) is 0 Å². The molecule has 0 bridgehead atoms. The topological polar surface area (TPSA) is 96.7 Å². The number of aromatic nitrogens is 3. The van der Waals surface area contributed by atoms with Crippen LogP contribution in [0.4, 0.5) is 0 Å². The highest BCUT2D eigenvalue weighted by Gasteiger charge is 2.19. The van der Waals surface area contributed by atoms with E-state index in [1.54, 1.807) is 0 Å². The van der Waals surface area contributed by atoms with Crippen LogP contribution in [-0.4, -0.2) is 70.4 Å². The first-order chi connectivity index (χ1) is 13.1. The molecule has 3 rings (SSSR count). The summed E-state index contributed by atoms with van der Waals surface area (Å²) >= 11 is 0. The average molecular weight is 377 g/mol. The number of hydrogen-bond donors (Lipinski definition) is 2. The molecule has 1 aromatic rings. The lowest BCUT2D eigenvalue weighted by molar-refractivity contribution is -0.127. The second-order valence-corrected chi connectivity index (χ2v) is 7.17. The van der Waals surface area contributed by atoms with Gasteiger partial charge in [-0.3, -0.25) is 4.79 Å². The number of ether oxygens (including phenoxy) is 1. The van der Waals surface area contributed by atoms with E-state index >= 15 is 0 Å². The lowest BCUT2D eigenvalue weighted by Crippen LogP contribution is -2.42. The van der Waals surface area contributed by atoms with Gasteiger partial charge in [0.15, 0.2) is 11.8 Å². The number of carbonyl (C=O) groups is 1. The van der Waals surface area contributed by atoms with Gasteiger partial charge >= 0.3 is 0 Å². The lowest BCUT2D eigenvalue weighted by Gasteiger charge is -2.18. The molecule has 2 aliphatic rings. The molecule has 0 radical (unpaired) electrons. The Morgan fingerprint density at radius 1 is 1.33 bits per heavy atom. The Balaban J connectivity index is 1.49. The molecule has 2 aliphatic heterocycles. The SMILES string of the molecule is Cc1nnc(CN=C(NCCCN2CCCC2=O)NCC2CCCO2)n1C. The maximum absolute atomic E-state index is 11.7. The third kappa shape index (κ3) is 5.66. The zero-order chi connectivity index (χ0) is 19.1. The van der Waals surface area contributed by atoms with Gasteiger partial charge in [-0.1, -0.05) is 0 Å². The number of hydrogen-bond acceptors (Lipinski definition) is 5. The Labute approximate surface area is 160 Å². The van der Waals surface area contributed by atoms with E-state index in [1.165, 1.54) is 0 Å². The van der Waals surface area contributed by atoms with Crippen LogP contribution >= 0.6 is 0 Å². The number of carbonyl (C=O) groups excluding carboxylic acids is 1. The molecule has 1 unspecified atom stereocenters. The van der Waals surface area contributed by atoms with Crippen LogP contribution in [-0.2, 0) is 23.1 Å². The highest BCUT2D eigenvalue weighted by Crippen LogP contribution is 2.11. The number of likely N-dealkylation sites (tertiary alicyclic amines) is 1. The van der Waals surface area contributed by atoms with E-state index in [0.717, 1.165) is 76.1 Å². The number of nitrogens with zero attached hydrogens (tertiary/aromatic N) is 5. The first-order valence-electron chi connectivity index (χ1n) is 9.90. The van der Waals surface area contributed by atoms with Gasteiger partial charge in [0.05, 0.1) is 6.10 Å². The normalized spacial score (nSPS) is 20.5. The van der Waals surface area contributed by atoms with E-state index in [-0.39, 0.29) is 12.0 Å². The summed E-state index contributed by atoms with van der Waals surface area (Å²) in [5.41, 5.74) is 0. The Bertz CT molecular complexity index is 652. The fourth-order valence-electron chi connectivity index (χ4n) is 3.35. The van der Waals surface area contributed by atoms with Crippen molar-refractivity contribution in [2.75, 3.05) is 32.8 Å². The number of aryl methyl sites for hydroxylation is 1. The minimum Gasteiger partial charge on any atom is -0.376 e. The molecule has 9 nitrogen and oxygen atoms in total. The quantitative estimate of drug-likeness (QED) is 0.386. The van der Waals surface area contributed by atoms with E-state index in [9.17, 15) is 4.79 Å². The van der Waals surface area contributed by atoms with Crippen molar-refractivity contribution in [1.29, 1.82) is 0 Å². The van der Waals surface area contributed by atoms with E-state index in [4.69, 9.17) is 4.74 Å². The van der Waals surface area contributed by atoms with Gasteiger partial charge in [-0.25, -0.2) is 4.99 Å². The molecule has 150 valence electrons. The third-order valence-corrected chi connectivity index (χ3v) is 5.15. The molecular weight excluding hydrogens is 346 g/mol. The van der Waals surface area contributed by atoms with Gasteiger partial charge in [0.25, 0.3) is 0 Å². The van der Waals surface area contributed by atoms with Crippen LogP contribution in [0.1, 0.15) is 43.8 Å². The van der Waals surface area contributed by atoms with E-state index < -0.39 is 0 Å². The number of nitrogens with one attached hydrogen (secondary N) is 2. The Morgan fingerprint density at radius 3 is 2.89 bits per heavy atom. The smallest absolute Gasteiger partial charge is 0.222 e. The second kappa shape index (κ2) is 9.68. The predicted molar refractivity (Wildman–Crippen MR) is 102 cm³/mol. The molecule has 0 spiro atoms. The highest BCUT2D eigenvalue weighted by molar-refractivity contribution is 5.80. The van der Waals surface area contributed by atoms with Crippen molar-refractivity contribution >= 4 is 11.9 Å². The van der Waals surface area contributed by atoms with Crippen LogP contribution < -0.4 is 10.6 Å². The maximum atomic E-state index is 11.7. The molecule has 2 saturated heterocycles. The zero-order valence-corrected chi connectivity index (χ0v) is 16.4. The molecular formula is C18H31N7O2. The van der Waals surface area contributed by atoms with E-state index in [1.807, 2.05) is 23.4 Å². The van der Waals surface area contributed by atoms with Crippen molar-refractivity contribution in [1.82, 2.24) is 30.3 Å². The monoisotopic (exact) mass is 377 g/mol. The van der Waals surface area contributed by atoms with Crippen molar-refractivity contribution in [2.24, 2.45) is 12.0 Å². The summed E-state index contributed by atoms with van der Waals surface area (Å²) in [6.07, 6.45) is 5.03. The molecule has 1 amide bonds. The molecule has 0 aliphatic carbocycles. The summed E-state index contributed by atoms with van der Waals surface area (Å²) in [6, 6.07) is 0. The molecule has 27 heavy (non-hydrogen) atoms. The number of rotatable bonds is 8. The molecule has 3 heterocycles. The van der Waals surface area contributed by atoms with Crippen LogP contribution in [0.25, 0.3) is 0 Å². The highest BCUT2D eigenvalue weighted by atomic mass is 16.5. The maximum Gasteiger partial charge on any atom is 0.222 e. The molecule has 9 heteroatoms. The zero-order valence-electron chi connectivity index (χ0n) is 16.4. The van der Waals surface area contributed by atoms with Gasteiger partial charge < -0.3 is 24.8 Å². The van der Waals surface area contributed by atoms with Gasteiger partial charge in [0, 0.05) is 46.3 Å². The molecule has 0 saturated carbocycles. The lowest BCUT2D eigenvalue weighted by atomic mass is 10.2. The van der Waals surface area contributed by atoms with Gasteiger partial charge in [0.1, 0.15) is 12.4 Å². The molecule has 1 aromatic heterocycles. The summed E-state index contributed by atoms with van der Waals surface area (Å²) in [5, 5.41) is 15.0. The fourth-order valence-corrected chi connectivity index (χ4v) is 3.35. The standard InChI is InChI=1S/C18H31N7O2/c1-14-22-23-16(24(14)2)13-21-18(20-12-15-6-4-11-27-15)19-8-5-10-25-9-3-7-17(25)26/h15H,3-13H2,1-2H3,(H2,19,20,21). The summed E-state index contributed by atoms with van der Waals surface area (Å²) in [5.74, 6) is 2.72. The number of guanidine groups is 1. The summed E-state index contributed by atoms with van der Waals surface area (Å²) < 4.78 is 7.62. The van der Waals surface area contributed by atoms with E-state index in [0.29, 0.717) is 13.0 Å². The number of aliphatic imine (C=N–C) groups is 1. The van der Waals surface area contributed by atoms with Gasteiger partial charge in [0.2, 0.25) is 5.91 Å². The first kappa shape index (κ1) is 19.6. The molecule has 2 fully saturated rings. The molecule has 1 atom stereocenters. The van der Waals surface area contributed by atoms with Crippen LogP contribution in [0.15, 0.2) is 4.99 Å². The largest absolute Gasteiger partial charge is 0.376 e.